The van der Waals surface area contributed by atoms with Crippen molar-refractivity contribution >= 4 is 18.2 Å². The van der Waals surface area contributed by atoms with Crippen LogP contribution in [0.15, 0.2) is 97.1 Å². The van der Waals surface area contributed by atoms with E-state index in [1.165, 1.54) is 6.92 Å². The number of carboxylic acids is 1. The van der Waals surface area contributed by atoms with Gasteiger partial charge in [-0.05, 0) is 51.4 Å². The van der Waals surface area contributed by atoms with Crippen LogP contribution in [0.5, 0.6) is 0 Å². The van der Waals surface area contributed by atoms with Gasteiger partial charge in [0.15, 0.2) is 0 Å². The molecule has 0 saturated carbocycles. The maximum Gasteiger partial charge on any atom is 0.407 e. The molecule has 8 nitrogen and oxygen atoms in total. The fraction of sp³-hybridized carbons (Fsp3) is 0.206. The Kier molecular flexibility index (Phi) is 7.35. The van der Waals surface area contributed by atoms with E-state index in [4.69, 9.17) is 9.47 Å². The number of hydrogen-bond acceptors (Lipinski definition) is 5. The fourth-order valence-corrected chi connectivity index (χ4v) is 6.08. The van der Waals surface area contributed by atoms with E-state index in [-0.39, 0.29) is 25.0 Å². The minimum Gasteiger partial charge on any atom is -0.480 e. The molecule has 0 unspecified atom stereocenters. The van der Waals surface area contributed by atoms with Crippen LogP contribution in [0.25, 0.3) is 22.3 Å². The van der Waals surface area contributed by atoms with Crippen molar-refractivity contribution in [3.63, 3.8) is 0 Å². The van der Waals surface area contributed by atoms with E-state index in [0.717, 1.165) is 44.5 Å². The molecule has 8 heteroatoms. The number of rotatable bonds is 8. The number of aliphatic carboxylic acids is 1. The minimum absolute atomic E-state index is 0.0421. The summed E-state index contributed by atoms with van der Waals surface area (Å²) >= 11 is 0. The summed E-state index contributed by atoms with van der Waals surface area (Å²) < 4.78 is 11.0. The van der Waals surface area contributed by atoms with Crippen LogP contribution in [-0.4, -0.2) is 48.6 Å². The first-order chi connectivity index (χ1) is 20.4. The van der Waals surface area contributed by atoms with Gasteiger partial charge in [-0.25, -0.2) is 14.4 Å². The van der Waals surface area contributed by atoms with Crippen molar-refractivity contribution in [2.45, 2.75) is 30.8 Å². The van der Waals surface area contributed by atoms with Crippen LogP contribution in [-0.2, 0) is 14.3 Å². The second-order valence-electron chi connectivity index (χ2n) is 10.5. The van der Waals surface area contributed by atoms with Crippen molar-refractivity contribution in [1.82, 2.24) is 10.6 Å². The van der Waals surface area contributed by atoms with Crippen LogP contribution in [0.2, 0.25) is 0 Å². The summed E-state index contributed by atoms with van der Waals surface area (Å²) in [7, 11) is 0. The Morgan fingerprint density at radius 2 is 0.952 bits per heavy atom. The smallest absolute Gasteiger partial charge is 0.407 e. The molecule has 2 aliphatic rings. The number of alkyl carbamates (subject to hydrolysis) is 2. The molecular weight excluding hydrogens is 532 g/mol. The first-order valence-electron chi connectivity index (χ1n) is 13.9. The molecule has 0 heterocycles. The summed E-state index contributed by atoms with van der Waals surface area (Å²) in [5.41, 5.74) is 8.62. The number of carboxylic acid groups (broad SMARTS) is 1. The molecule has 2 amide bonds. The van der Waals surface area contributed by atoms with Crippen molar-refractivity contribution in [3.8, 4) is 22.3 Å². The lowest BCUT2D eigenvalue weighted by molar-refractivity contribution is -0.139. The van der Waals surface area contributed by atoms with E-state index >= 15 is 0 Å². The van der Waals surface area contributed by atoms with E-state index in [1.54, 1.807) is 0 Å². The van der Waals surface area contributed by atoms with Gasteiger partial charge >= 0.3 is 18.2 Å². The SMILES string of the molecule is C[C@H](NC(=O)OCC1c2ccccc2-c2ccccc21)[C@H](NC(=O)OCC1c2ccccc2-c2ccccc21)C(=O)O. The number of ether oxygens (including phenoxy) is 2. The maximum absolute atomic E-state index is 12.7. The van der Waals surface area contributed by atoms with Gasteiger partial charge < -0.3 is 25.2 Å². The molecule has 0 spiro atoms. The summed E-state index contributed by atoms with van der Waals surface area (Å²) in [5, 5.41) is 14.7. The van der Waals surface area contributed by atoms with Crippen molar-refractivity contribution in [2.75, 3.05) is 13.2 Å². The highest BCUT2D eigenvalue weighted by Gasteiger charge is 2.33. The van der Waals surface area contributed by atoms with Crippen LogP contribution < -0.4 is 10.6 Å². The number of carbonyl (C=O) groups excluding carboxylic acids is 2. The van der Waals surface area contributed by atoms with Gasteiger partial charge in [-0.1, -0.05) is 97.1 Å². The second kappa shape index (κ2) is 11.4. The molecule has 6 rings (SSSR count). The van der Waals surface area contributed by atoms with Gasteiger partial charge in [0.1, 0.15) is 19.3 Å². The standard InChI is InChI=1S/C34H30N2O6/c1-20(35-33(39)41-18-29-25-14-6-2-10-21(25)22-11-3-7-15-26(22)29)31(32(37)38)36-34(40)42-19-30-27-16-8-4-12-23(27)24-13-5-9-17-28(24)30/h2-17,20,29-31H,18-19H2,1H3,(H,35,39)(H,36,40)(H,37,38)/t20-,31-/m0/s1. The largest absolute Gasteiger partial charge is 0.480 e. The summed E-state index contributed by atoms with van der Waals surface area (Å²) in [6, 6.07) is 29.5. The summed E-state index contributed by atoms with van der Waals surface area (Å²) in [6.07, 6.45) is -1.66. The van der Waals surface area contributed by atoms with E-state index in [9.17, 15) is 19.5 Å². The first-order valence-corrected chi connectivity index (χ1v) is 13.9. The summed E-state index contributed by atoms with van der Waals surface area (Å²) in [6.45, 7) is 1.62. The third kappa shape index (κ3) is 5.07. The Morgan fingerprint density at radius 1 is 0.619 bits per heavy atom. The van der Waals surface area contributed by atoms with Crippen LogP contribution in [0.3, 0.4) is 0 Å². The predicted molar refractivity (Wildman–Crippen MR) is 157 cm³/mol. The van der Waals surface area contributed by atoms with Crippen molar-refractivity contribution in [1.29, 1.82) is 0 Å². The van der Waals surface area contributed by atoms with Crippen molar-refractivity contribution in [2.24, 2.45) is 0 Å². The highest BCUT2D eigenvalue weighted by molar-refractivity contribution is 5.83. The maximum atomic E-state index is 12.7. The fourth-order valence-electron chi connectivity index (χ4n) is 6.08. The molecular formula is C34H30N2O6. The van der Waals surface area contributed by atoms with E-state index in [0.29, 0.717) is 0 Å². The number of hydrogen-bond donors (Lipinski definition) is 3. The summed E-state index contributed by atoms with van der Waals surface area (Å²) in [5.74, 6) is -1.61. The number of fused-ring (bicyclic) bond motifs is 6. The molecule has 2 aliphatic carbocycles. The predicted octanol–water partition coefficient (Wildman–Crippen LogP) is 5.91. The average molecular weight is 563 g/mol. The zero-order chi connectivity index (χ0) is 29.2. The monoisotopic (exact) mass is 562 g/mol. The third-order valence-corrected chi connectivity index (χ3v) is 8.07. The van der Waals surface area contributed by atoms with E-state index in [2.05, 4.69) is 10.6 Å². The Balaban J connectivity index is 1.05. The first kappa shape index (κ1) is 27.1. The van der Waals surface area contributed by atoms with Crippen molar-refractivity contribution < 1.29 is 29.0 Å². The Labute approximate surface area is 243 Å². The highest BCUT2D eigenvalue weighted by atomic mass is 16.6. The zero-order valence-corrected chi connectivity index (χ0v) is 22.9. The van der Waals surface area contributed by atoms with Gasteiger partial charge in [-0.3, -0.25) is 0 Å². The van der Waals surface area contributed by atoms with Crippen LogP contribution in [0.4, 0.5) is 9.59 Å². The van der Waals surface area contributed by atoms with Gasteiger partial charge in [0, 0.05) is 11.8 Å². The number of nitrogens with one attached hydrogen (secondary N) is 2. The molecule has 0 aromatic heterocycles. The molecule has 0 saturated heterocycles. The van der Waals surface area contributed by atoms with E-state index < -0.39 is 30.2 Å². The van der Waals surface area contributed by atoms with E-state index in [1.807, 2.05) is 97.1 Å². The molecule has 4 aromatic rings. The molecule has 212 valence electrons. The lowest BCUT2D eigenvalue weighted by Gasteiger charge is -2.23. The van der Waals surface area contributed by atoms with Gasteiger partial charge in [-0.2, -0.15) is 0 Å². The zero-order valence-electron chi connectivity index (χ0n) is 22.9. The Hall–Kier alpha value is -5.11. The number of carbonyl (C=O) groups is 3. The molecule has 0 aliphatic heterocycles. The lowest BCUT2D eigenvalue weighted by Crippen LogP contribution is -2.54. The Bertz CT molecular complexity index is 1580. The number of benzene rings is 4. The van der Waals surface area contributed by atoms with Gasteiger partial charge in [-0.15, -0.1) is 0 Å². The molecule has 0 bridgehead atoms. The topological polar surface area (TPSA) is 114 Å². The van der Waals surface area contributed by atoms with Gasteiger partial charge in [0.25, 0.3) is 0 Å². The van der Waals surface area contributed by atoms with Crippen LogP contribution in [0.1, 0.15) is 41.0 Å². The normalized spacial score (nSPS) is 14.5. The molecule has 0 radical (unpaired) electrons. The Morgan fingerprint density at radius 3 is 1.31 bits per heavy atom. The van der Waals surface area contributed by atoms with Gasteiger partial charge in [0.2, 0.25) is 0 Å². The highest BCUT2D eigenvalue weighted by Crippen LogP contribution is 2.45. The lowest BCUT2D eigenvalue weighted by atomic mass is 9.98. The number of amides is 2. The molecule has 4 aromatic carbocycles. The quantitative estimate of drug-likeness (QED) is 0.246. The van der Waals surface area contributed by atoms with Crippen LogP contribution in [0, 0.1) is 0 Å². The summed E-state index contributed by atoms with van der Waals surface area (Å²) in [4.78, 5) is 37.5. The molecule has 2 atom stereocenters. The van der Waals surface area contributed by atoms with Crippen molar-refractivity contribution in [3.05, 3.63) is 119 Å². The minimum atomic E-state index is -1.43. The molecule has 0 fully saturated rings. The van der Waals surface area contributed by atoms with Crippen LogP contribution >= 0.6 is 0 Å². The average Bonchev–Trinajstić information content (AvgIpc) is 3.50. The van der Waals surface area contributed by atoms with Gasteiger partial charge in [0.05, 0.1) is 6.04 Å². The molecule has 42 heavy (non-hydrogen) atoms. The second-order valence-corrected chi connectivity index (χ2v) is 10.5. The molecule has 3 N–H and O–H groups in total. The third-order valence-electron chi connectivity index (χ3n) is 8.07.